The lowest BCUT2D eigenvalue weighted by Crippen LogP contribution is -2.25. The van der Waals surface area contributed by atoms with Crippen LogP contribution in [-0.2, 0) is 11.3 Å². The average Bonchev–Trinajstić information content (AvgIpc) is 2.82. The summed E-state index contributed by atoms with van der Waals surface area (Å²) in [5.74, 6) is -2.69. The van der Waals surface area contributed by atoms with Gasteiger partial charge < -0.3 is 14.6 Å². The molecule has 0 saturated heterocycles. The number of rotatable bonds is 6. The summed E-state index contributed by atoms with van der Waals surface area (Å²) in [6.07, 6.45) is 1.29. The molecule has 2 aromatic carbocycles. The summed E-state index contributed by atoms with van der Waals surface area (Å²) in [7, 11) is 1.50. The molecule has 7 nitrogen and oxygen atoms in total. The minimum Gasteiger partial charge on any atom is -0.497 e. The second-order valence-corrected chi connectivity index (χ2v) is 7.56. The number of hydrogen-bond donors (Lipinski definition) is 1. The highest BCUT2D eigenvalue weighted by atomic mass is 19.2. The van der Waals surface area contributed by atoms with Gasteiger partial charge in [-0.25, -0.2) is 13.8 Å². The van der Waals surface area contributed by atoms with E-state index in [1.807, 2.05) is 0 Å². The third-order valence-corrected chi connectivity index (χ3v) is 5.17. The number of halogens is 2. The molecule has 2 heterocycles. The number of aryl methyl sites for hydroxylation is 1. The Hall–Kier alpha value is -4.40. The molecule has 0 bridgehead atoms. The maximum atomic E-state index is 13.5. The third kappa shape index (κ3) is 4.54. The Morgan fingerprint density at radius 2 is 1.76 bits per heavy atom. The summed E-state index contributed by atoms with van der Waals surface area (Å²) in [6.45, 7) is 1.40. The minimum atomic E-state index is -1.10. The first-order valence-electron chi connectivity index (χ1n) is 10.2. The number of amides is 1. The molecule has 0 saturated carbocycles. The number of benzene rings is 2. The van der Waals surface area contributed by atoms with Crippen molar-refractivity contribution in [3.8, 4) is 5.75 Å². The molecule has 0 spiro atoms. The highest BCUT2D eigenvalue weighted by Crippen LogP contribution is 2.18. The van der Waals surface area contributed by atoms with Crippen molar-refractivity contribution in [1.82, 2.24) is 9.55 Å². The van der Waals surface area contributed by atoms with E-state index in [0.717, 1.165) is 12.1 Å². The fourth-order valence-electron chi connectivity index (χ4n) is 3.47. The van der Waals surface area contributed by atoms with Crippen LogP contribution in [0.15, 0.2) is 65.6 Å². The van der Waals surface area contributed by atoms with E-state index < -0.39 is 28.8 Å². The molecule has 1 amide bonds. The SMILES string of the molecule is COc1ccc(C(=O)c2cn(CC(=O)Nc3ccc(F)c(F)c3)c3nc(C)ccc3c2=O)cc1. The van der Waals surface area contributed by atoms with Gasteiger partial charge in [0.1, 0.15) is 17.9 Å². The van der Waals surface area contributed by atoms with Crippen LogP contribution >= 0.6 is 0 Å². The van der Waals surface area contributed by atoms with Crippen LogP contribution in [0.3, 0.4) is 0 Å². The highest BCUT2D eigenvalue weighted by Gasteiger charge is 2.19. The van der Waals surface area contributed by atoms with Crippen molar-refractivity contribution in [3.63, 3.8) is 0 Å². The quantitative estimate of drug-likeness (QED) is 0.439. The Kier molecular flexibility index (Phi) is 6.18. The number of anilines is 1. The van der Waals surface area contributed by atoms with Gasteiger partial charge in [0.05, 0.1) is 18.1 Å². The minimum absolute atomic E-state index is 0.0629. The molecule has 0 unspecified atom stereocenters. The second-order valence-electron chi connectivity index (χ2n) is 7.56. The number of hydrogen-bond acceptors (Lipinski definition) is 5. The zero-order valence-corrected chi connectivity index (χ0v) is 18.3. The number of fused-ring (bicyclic) bond motifs is 1. The van der Waals surface area contributed by atoms with Gasteiger partial charge in [0.25, 0.3) is 0 Å². The zero-order chi connectivity index (χ0) is 24.4. The number of carbonyl (C=O) groups excluding carboxylic acids is 2. The number of ether oxygens (including phenoxy) is 1. The van der Waals surface area contributed by atoms with Gasteiger partial charge in [-0.2, -0.15) is 0 Å². The number of carbonyl (C=O) groups is 2. The zero-order valence-electron chi connectivity index (χ0n) is 18.3. The lowest BCUT2D eigenvalue weighted by Gasteiger charge is -2.13. The second kappa shape index (κ2) is 9.22. The van der Waals surface area contributed by atoms with Gasteiger partial charge >= 0.3 is 0 Å². The first-order chi connectivity index (χ1) is 16.3. The average molecular weight is 463 g/mol. The maximum absolute atomic E-state index is 13.5. The molecular formula is C25H19F2N3O4. The molecule has 172 valence electrons. The molecule has 9 heteroatoms. The number of pyridine rings is 2. The van der Waals surface area contributed by atoms with Gasteiger partial charge in [-0.3, -0.25) is 14.4 Å². The van der Waals surface area contributed by atoms with Crippen LogP contribution in [0.5, 0.6) is 5.75 Å². The largest absolute Gasteiger partial charge is 0.497 e. The summed E-state index contributed by atoms with van der Waals surface area (Å²) in [4.78, 5) is 43.2. The molecule has 4 rings (SSSR count). The predicted molar refractivity (Wildman–Crippen MR) is 122 cm³/mol. The van der Waals surface area contributed by atoms with Crippen LogP contribution in [0.2, 0.25) is 0 Å². The Bertz CT molecular complexity index is 1480. The normalized spacial score (nSPS) is 10.8. The summed E-state index contributed by atoms with van der Waals surface area (Å²) in [5, 5.41) is 2.65. The lowest BCUT2D eigenvalue weighted by atomic mass is 10.0. The molecule has 0 radical (unpaired) electrons. The van der Waals surface area contributed by atoms with Crippen LogP contribution in [-0.4, -0.2) is 28.4 Å². The van der Waals surface area contributed by atoms with Crippen molar-refractivity contribution in [3.05, 3.63) is 99.5 Å². The Balaban J connectivity index is 1.74. The molecule has 0 atom stereocenters. The van der Waals surface area contributed by atoms with E-state index in [4.69, 9.17) is 4.74 Å². The predicted octanol–water partition coefficient (Wildman–Crippen LogP) is 3.86. The fraction of sp³-hybridized carbons (Fsp3) is 0.120. The molecule has 0 aliphatic heterocycles. The van der Waals surface area contributed by atoms with Gasteiger partial charge in [0, 0.05) is 29.2 Å². The highest BCUT2D eigenvalue weighted by molar-refractivity contribution is 6.10. The summed E-state index contributed by atoms with van der Waals surface area (Å²) in [6, 6.07) is 12.5. The van der Waals surface area contributed by atoms with Crippen molar-refractivity contribution in [2.75, 3.05) is 12.4 Å². The number of nitrogens with zero attached hydrogens (tertiary/aromatic N) is 2. The maximum Gasteiger partial charge on any atom is 0.244 e. The Morgan fingerprint density at radius 3 is 2.44 bits per heavy atom. The van der Waals surface area contributed by atoms with Gasteiger partial charge in [-0.05, 0) is 55.5 Å². The summed E-state index contributed by atoms with van der Waals surface area (Å²) in [5.41, 5.74) is 0.514. The van der Waals surface area contributed by atoms with E-state index in [0.29, 0.717) is 11.4 Å². The summed E-state index contributed by atoms with van der Waals surface area (Å²) < 4.78 is 33.1. The van der Waals surface area contributed by atoms with E-state index in [1.165, 1.54) is 23.9 Å². The Labute approximate surface area is 192 Å². The van der Waals surface area contributed by atoms with Gasteiger partial charge in [0.15, 0.2) is 17.4 Å². The van der Waals surface area contributed by atoms with Crippen LogP contribution in [0, 0.1) is 18.6 Å². The van der Waals surface area contributed by atoms with Crippen molar-refractivity contribution < 1.29 is 23.1 Å². The van der Waals surface area contributed by atoms with Crippen molar-refractivity contribution >= 4 is 28.4 Å². The molecule has 0 aliphatic rings. The standard InChI is InChI=1S/C25H19F2N3O4/c1-14-3-9-18-24(33)19(23(32)15-4-7-17(34-2)8-5-15)12-30(25(18)28-14)13-22(31)29-16-6-10-20(26)21(27)11-16/h3-12H,13H2,1-2H3,(H,29,31). The van der Waals surface area contributed by atoms with Gasteiger partial charge in [0.2, 0.25) is 11.3 Å². The van der Waals surface area contributed by atoms with Crippen molar-refractivity contribution in [1.29, 1.82) is 0 Å². The van der Waals surface area contributed by atoms with Crippen LogP contribution in [0.1, 0.15) is 21.6 Å². The van der Waals surface area contributed by atoms with E-state index in [-0.39, 0.29) is 34.4 Å². The first-order valence-corrected chi connectivity index (χ1v) is 10.2. The van der Waals surface area contributed by atoms with Crippen LogP contribution in [0.25, 0.3) is 11.0 Å². The molecule has 0 fully saturated rings. The van der Waals surface area contributed by atoms with Crippen LogP contribution in [0.4, 0.5) is 14.5 Å². The molecule has 1 N–H and O–H groups in total. The topological polar surface area (TPSA) is 90.3 Å². The van der Waals surface area contributed by atoms with E-state index in [1.54, 1.807) is 43.3 Å². The molecule has 4 aromatic rings. The smallest absolute Gasteiger partial charge is 0.244 e. The van der Waals surface area contributed by atoms with Crippen molar-refractivity contribution in [2.45, 2.75) is 13.5 Å². The van der Waals surface area contributed by atoms with Gasteiger partial charge in [-0.1, -0.05) is 0 Å². The first kappa shape index (κ1) is 22.8. The molecular weight excluding hydrogens is 444 g/mol. The Morgan fingerprint density at radius 1 is 1.03 bits per heavy atom. The third-order valence-electron chi connectivity index (χ3n) is 5.17. The molecule has 2 aromatic heterocycles. The van der Waals surface area contributed by atoms with Crippen LogP contribution < -0.4 is 15.5 Å². The fourth-order valence-corrected chi connectivity index (χ4v) is 3.47. The summed E-state index contributed by atoms with van der Waals surface area (Å²) >= 11 is 0. The van der Waals surface area contributed by atoms with Crippen molar-refractivity contribution in [2.24, 2.45) is 0 Å². The number of nitrogens with one attached hydrogen (secondary N) is 1. The molecule has 34 heavy (non-hydrogen) atoms. The van der Waals surface area contributed by atoms with E-state index in [9.17, 15) is 23.2 Å². The van der Waals surface area contributed by atoms with Gasteiger partial charge in [-0.15, -0.1) is 0 Å². The number of aromatic nitrogens is 2. The number of methoxy groups -OCH3 is 1. The monoisotopic (exact) mass is 463 g/mol. The molecule has 0 aliphatic carbocycles. The number of ketones is 1. The lowest BCUT2D eigenvalue weighted by molar-refractivity contribution is -0.116. The van der Waals surface area contributed by atoms with E-state index in [2.05, 4.69) is 10.3 Å². The van der Waals surface area contributed by atoms with E-state index >= 15 is 0 Å².